The minimum atomic E-state index is -0.00204. The van der Waals surface area contributed by atoms with Crippen LogP contribution in [0.4, 0.5) is 0 Å². The van der Waals surface area contributed by atoms with E-state index < -0.39 is 0 Å². The second kappa shape index (κ2) is 6.92. The van der Waals surface area contributed by atoms with Gasteiger partial charge in [-0.05, 0) is 55.9 Å². The molecular weight excluding hydrogens is 356 g/mol. The van der Waals surface area contributed by atoms with Gasteiger partial charge in [-0.25, -0.2) is 0 Å². The van der Waals surface area contributed by atoms with Crippen LogP contribution < -0.4 is 0 Å². The molecule has 1 N–H and O–H groups in total. The van der Waals surface area contributed by atoms with Crippen LogP contribution in [0.25, 0.3) is 43.8 Å². The molecule has 5 aromatic rings. The summed E-state index contributed by atoms with van der Waals surface area (Å²) in [4.78, 5) is 11.1. The van der Waals surface area contributed by atoms with Crippen LogP contribution in [0.3, 0.4) is 0 Å². The summed E-state index contributed by atoms with van der Waals surface area (Å²) in [6.45, 7) is 0. The predicted octanol–water partition coefficient (Wildman–Crippen LogP) is 6.85. The van der Waals surface area contributed by atoms with Crippen LogP contribution in [0.1, 0.15) is 10.4 Å². The number of hydrogen-bond acceptors (Lipinski definition) is 2. The molecule has 138 valence electrons. The van der Waals surface area contributed by atoms with E-state index in [2.05, 4.69) is 60.7 Å². The van der Waals surface area contributed by atoms with Crippen LogP contribution in [0.5, 0.6) is 5.75 Å². The number of carbonyl (C=O) groups is 1. The number of rotatable bonds is 3. The summed E-state index contributed by atoms with van der Waals surface area (Å²) in [7, 11) is 0. The molecule has 0 heterocycles. The first-order valence-electron chi connectivity index (χ1n) is 9.55. The van der Waals surface area contributed by atoms with Crippen LogP contribution in [0, 0.1) is 0 Å². The number of aldehydes is 1. The molecule has 29 heavy (non-hydrogen) atoms. The SMILES string of the molecule is O=Cc1ccc(-c2c3ccccc3c(-c3ccccc3)c3ccccc23)cc1O. The molecule has 0 fully saturated rings. The van der Waals surface area contributed by atoms with E-state index >= 15 is 0 Å². The van der Waals surface area contributed by atoms with E-state index in [1.807, 2.05) is 24.3 Å². The van der Waals surface area contributed by atoms with Gasteiger partial charge in [-0.2, -0.15) is 0 Å². The third-order valence-electron chi connectivity index (χ3n) is 5.44. The number of benzene rings is 5. The van der Waals surface area contributed by atoms with Crippen LogP contribution in [-0.2, 0) is 0 Å². The zero-order valence-electron chi connectivity index (χ0n) is 15.7. The fourth-order valence-corrected chi connectivity index (χ4v) is 4.15. The summed E-state index contributed by atoms with van der Waals surface area (Å²) >= 11 is 0. The van der Waals surface area contributed by atoms with E-state index in [0.29, 0.717) is 11.8 Å². The maximum absolute atomic E-state index is 11.1. The Labute approximate surface area is 168 Å². The molecular formula is C27H18O2. The first-order valence-corrected chi connectivity index (χ1v) is 9.55. The topological polar surface area (TPSA) is 37.3 Å². The lowest BCUT2D eigenvalue weighted by atomic mass is 9.86. The second-order valence-electron chi connectivity index (χ2n) is 7.10. The lowest BCUT2D eigenvalue weighted by Gasteiger charge is -2.18. The van der Waals surface area contributed by atoms with E-state index in [1.54, 1.807) is 12.1 Å². The van der Waals surface area contributed by atoms with Crippen molar-refractivity contribution < 1.29 is 9.90 Å². The van der Waals surface area contributed by atoms with Gasteiger partial charge in [0.2, 0.25) is 0 Å². The highest BCUT2D eigenvalue weighted by atomic mass is 16.3. The monoisotopic (exact) mass is 374 g/mol. The Morgan fingerprint density at radius 2 is 1.03 bits per heavy atom. The first-order chi connectivity index (χ1) is 14.3. The van der Waals surface area contributed by atoms with E-state index in [9.17, 15) is 9.90 Å². The van der Waals surface area contributed by atoms with Gasteiger partial charge in [0.15, 0.2) is 6.29 Å². The van der Waals surface area contributed by atoms with Gasteiger partial charge in [0, 0.05) is 0 Å². The molecule has 0 aromatic heterocycles. The lowest BCUT2D eigenvalue weighted by Crippen LogP contribution is -1.91. The van der Waals surface area contributed by atoms with Gasteiger partial charge in [0.25, 0.3) is 0 Å². The van der Waals surface area contributed by atoms with Crippen molar-refractivity contribution in [2.24, 2.45) is 0 Å². The molecule has 5 rings (SSSR count). The fourth-order valence-electron chi connectivity index (χ4n) is 4.15. The highest BCUT2D eigenvalue weighted by Crippen LogP contribution is 2.44. The fraction of sp³-hybridized carbons (Fsp3) is 0. The Bertz CT molecular complexity index is 1310. The van der Waals surface area contributed by atoms with Crippen LogP contribution in [0.2, 0.25) is 0 Å². The molecule has 2 nitrogen and oxygen atoms in total. The third-order valence-corrected chi connectivity index (χ3v) is 5.44. The summed E-state index contributed by atoms with van der Waals surface area (Å²) in [6, 6.07) is 32.4. The van der Waals surface area contributed by atoms with E-state index in [4.69, 9.17) is 0 Å². The minimum absolute atomic E-state index is 0.00204. The van der Waals surface area contributed by atoms with E-state index in [1.165, 1.54) is 11.1 Å². The van der Waals surface area contributed by atoms with Gasteiger partial charge >= 0.3 is 0 Å². The number of aromatic hydroxyl groups is 1. The summed E-state index contributed by atoms with van der Waals surface area (Å²) in [6.07, 6.45) is 0.674. The Morgan fingerprint density at radius 1 is 0.552 bits per heavy atom. The molecule has 0 saturated heterocycles. The van der Waals surface area contributed by atoms with E-state index in [0.717, 1.165) is 32.7 Å². The van der Waals surface area contributed by atoms with Gasteiger partial charge in [0.05, 0.1) is 5.56 Å². The minimum Gasteiger partial charge on any atom is -0.507 e. The van der Waals surface area contributed by atoms with Crippen molar-refractivity contribution in [2.75, 3.05) is 0 Å². The molecule has 2 heteroatoms. The average Bonchev–Trinajstić information content (AvgIpc) is 2.78. The summed E-state index contributed by atoms with van der Waals surface area (Å²) in [5, 5.41) is 14.8. The molecule has 0 spiro atoms. The van der Waals surface area contributed by atoms with Crippen LogP contribution in [-0.4, -0.2) is 11.4 Å². The molecule has 0 bridgehead atoms. The first kappa shape index (κ1) is 17.2. The van der Waals surface area contributed by atoms with Crippen molar-refractivity contribution in [3.8, 4) is 28.0 Å². The zero-order valence-corrected chi connectivity index (χ0v) is 15.7. The highest BCUT2D eigenvalue weighted by molar-refractivity contribution is 6.21. The molecule has 0 aliphatic rings. The maximum Gasteiger partial charge on any atom is 0.153 e. The molecule has 5 aromatic carbocycles. The zero-order chi connectivity index (χ0) is 19.8. The molecule has 0 saturated carbocycles. The molecule has 0 radical (unpaired) electrons. The van der Waals surface area contributed by atoms with Crippen molar-refractivity contribution >= 4 is 27.8 Å². The van der Waals surface area contributed by atoms with Crippen molar-refractivity contribution in [1.29, 1.82) is 0 Å². The quantitative estimate of drug-likeness (QED) is 0.277. The van der Waals surface area contributed by atoms with E-state index in [-0.39, 0.29) is 5.75 Å². The third kappa shape index (κ3) is 2.77. The highest BCUT2D eigenvalue weighted by Gasteiger charge is 2.16. The Morgan fingerprint density at radius 3 is 1.52 bits per heavy atom. The number of fused-ring (bicyclic) bond motifs is 2. The van der Waals surface area contributed by atoms with Crippen LogP contribution >= 0.6 is 0 Å². The average molecular weight is 374 g/mol. The predicted molar refractivity (Wildman–Crippen MR) is 119 cm³/mol. The van der Waals surface area contributed by atoms with Gasteiger partial charge in [-0.3, -0.25) is 4.79 Å². The second-order valence-corrected chi connectivity index (χ2v) is 7.10. The van der Waals surface area contributed by atoms with Crippen LogP contribution in [0.15, 0.2) is 97.1 Å². The Kier molecular flexibility index (Phi) is 4.10. The molecule has 0 aliphatic heterocycles. The van der Waals surface area contributed by atoms with Gasteiger partial charge in [-0.1, -0.05) is 84.9 Å². The standard InChI is InChI=1S/C27H18O2/c28-17-20-15-14-19(16-25(20)29)27-23-12-6-4-10-21(23)26(18-8-2-1-3-9-18)22-11-5-7-13-24(22)27/h1-17,29H. The largest absolute Gasteiger partial charge is 0.507 e. The maximum atomic E-state index is 11.1. The van der Waals surface area contributed by atoms with Gasteiger partial charge < -0.3 is 5.11 Å². The number of phenols is 1. The number of carbonyl (C=O) groups excluding carboxylic acids is 1. The van der Waals surface area contributed by atoms with Crippen molar-refractivity contribution in [3.63, 3.8) is 0 Å². The number of hydrogen-bond donors (Lipinski definition) is 1. The summed E-state index contributed by atoms with van der Waals surface area (Å²) in [5.74, 6) is -0.00204. The normalized spacial score (nSPS) is 11.0. The summed E-state index contributed by atoms with van der Waals surface area (Å²) < 4.78 is 0. The molecule has 0 unspecified atom stereocenters. The summed E-state index contributed by atoms with van der Waals surface area (Å²) in [5.41, 5.74) is 4.62. The Hall–Kier alpha value is -3.91. The van der Waals surface area contributed by atoms with Gasteiger partial charge in [-0.15, -0.1) is 0 Å². The number of phenolic OH excluding ortho intramolecular Hbond substituents is 1. The molecule has 0 atom stereocenters. The van der Waals surface area contributed by atoms with Crippen molar-refractivity contribution in [1.82, 2.24) is 0 Å². The van der Waals surface area contributed by atoms with Crippen molar-refractivity contribution in [3.05, 3.63) is 103 Å². The molecule has 0 amide bonds. The molecule has 0 aliphatic carbocycles. The Balaban J connectivity index is 1.96. The van der Waals surface area contributed by atoms with Crippen molar-refractivity contribution in [2.45, 2.75) is 0 Å². The lowest BCUT2D eigenvalue weighted by molar-refractivity contribution is 0.112. The van der Waals surface area contributed by atoms with Gasteiger partial charge in [0.1, 0.15) is 5.75 Å². The smallest absolute Gasteiger partial charge is 0.153 e.